The van der Waals surface area contributed by atoms with E-state index in [4.69, 9.17) is 4.52 Å². The monoisotopic (exact) mass is 251 g/mol. The third-order valence-electron chi connectivity index (χ3n) is 3.36. The van der Waals surface area contributed by atoms with Crippen LogP contribution in [0.15, 0.2) is 16.9 Å². The molecule has 1 aliphatic rings. The molecule has 1 aliphatic heterocycles. The van der Waals surface area contributed by atoms with Gasteiger partial charge in [0.1, 0.15) is 6.26 Å². The number of carbonyl (C=O) groups excluding carboxylic acids is 1. The summed E-state index contributed by atoms with van der Waals surface area (Å²) in [6, 6.07) is 2.13. The van der Waals surface area contributed by atoms with E-state index >= 15 is 0 Å². The first-order valence-corrected chi connectivity index (χ1v) is 6.70. The predicted molar refractivity (Wildman–Crippen MR) is 68.1 cm³/mol. The third-order valence-corrected chi connectivity index (χ3v) is 3.36. The van der Waals surface area contributed by atoms with Gasteiger partial charge in [-0.3, -0.25) is 4.79 Å². The molecule has 1 amide bonds. The van der Waals surface area contributed by atoms with Gasteiger partial charge in [-0.15, -0.1) is 0 Å². The van der Waals surface area contributed by atoms with Crippen LogP contribution in [-0.2, 0) is 11.2 Å². The zero-order chi connectivity index (χ0) is 12.8. The van der Waals surface area contributed by atoms with E-state index in [-0.39, 0.29) is 5.91 Å². The number of hydrogen-bond acceptors (Lipinski definition) is 4. The highest BCUT2D eigenvalue weighted by Crippen LogP contribution is 2.14. The van der Waals surface area contributed by atoms with E-state index in [0.29, 0.717) is 12.5 Å². The fourth-order valence-corrected chi connectivity index (χ4v) is 2.46. The summed E-state index contributed by atoms with van der Waals surface area (Å²) in [6.07, 6.45) is 4.95. The Hall–Kier alpha value is -1.36. The highest BCUT2D eigenvalue weighted by Gasteiger charge is 2.24. The van der Waals surface area contributed by atoms with E-state index in [0.717, 1.165) is 44.6 Å². The van der Waals surface area contributed by atoms with Gasteiger partial charge in [0.05, 0.1) is 12.1 Å². The maximum absolute atomic E-state index is 12.3. The second-order valence-electron chi connectivity index (χ2n) is 4.74. The Morgan fingerprint density at radius 1 is 1.56 bits per heavy atom. The average Bonchev–Trinajstić information content (AvgIpc) is 2.89. The Morgan fingerprint density at radius 3 is 2.94 bits per heavy atom. The minimum absolute atomic E-state index is 0.164. The number of hydrogen-bond donors (Lipinski definition) is 1. The van der Waals surface area contributed by atoms with E-state index < -0.39 is 0 Å². The van der Waals surface area contributed by atoms with Gasteiger partial charge in [0.25, 0.3) is 0 Å². The molecule has 2 heterocycles. The molecule has 0 saturated carbocycles. The second kappa shape index (κ2) is 6.54. The van der Waals surface area contributed by atoms with Gasteiger partial charge < -0.3 is 14.7 Å². The van der Waals surface area contributed by atoms with Gasteiger partial charge in [-0.2, -0.15) is 0 Å². The van der Waals surface area contributed by atoms with Crippen LogP contribution in [0.5, 0.6) is 0 Å². The minimum atomic E-state index is 0.164. The van der Waals surface area contributed by atoms with Gasteiger partial charge in [0, 0.05) is 18.7 Å². The van der Waals surface area contributed by atoms with Crippen LogP contribution in [0.25, 0.3) is 0 Å². The Kier molecular flexibility index (Phi) is 4.75. The first kappa shape index (κ1) is 13.1. The fourth-order valence-electron chi connectivity index (χ4n) is 2.46. The molecule has 1 N–H and O–H groups in total. The zero-order valence-electron chi connectivity index (χ0n) is 10.9. The van der Waals surface area contributed by atoms with Crippen molar-refractivity contribution in [1.29, 1.82) is 0 Å². The topological polar surface area (TPSA) is 58.4 Å². The average molecular weight is 251 g/mol. The highest BCUT2D eigenvalue weighted by molar-refractivity contribution is 5.78. The van der Waals surface area contributed by atoms with Crippen LogP contribution in [0.4, 0.5) is 0 Å². The molecule has 100 valence electrons. The summed E-state index contributed by atoms with van der Waals surface area (Å²) in [5.41, 5.74) is 0.718. The molecule has 18 heavy (non-hydrogen) atoms. The molecule has 1 saturated heterocycles. The van der Waals surface area contributed by atoms with Gasteiger partial charge >= 0.3 is 0 Å². The Bertz CT molecular complexity index is 358. The molecule has 1 fully saturated rings. The number of piperidine rings is 1. The van der Waals surface area contributed by atoms with Gasteiger partial charge in [-0.1, -0.05) is 12.1 Å². The summed E-state index contributed by atoms with van der Waals surface area (Å²) in [5, 5.41) is 7.14. The molecule has 1 aromatic rings. The molecule has 0 unspecified atom stereocenters. The van der Waals surface area contributed by atoms with Crippen LogP contribution < -0.4 is 5.32 Å². The predicted octanol–water partition coefficient (Wildman–Crippen LogP) is 1.21. The molecule has 5 heteroatoms. The van der Waals surface area contributed by atoms with Crippen molar-refractivity contribution in [2.75, 3.05) is 19.6 Å². The quantitative estimate of drug-likeness (QED) is 0.854. The Labute approximate surface area is 108 Å². The van der Waals surface area contributed by atoms with Crippen LogP contribution in [0.3, 0.4) is 0 Å². The first-order valence-electron chi connectivity index (χ1n) is 6.70. The third kappa shape index (κ3) is 3.32. The molecule has 2 rings (SSSR count). The first-order chi connectivity index (χ1) is 8.81. The van der Waals surface area contributed by atoms with E-state index in [1.54, 1.807) is 6.07 Å². The van der Waals surface area contributed by atoms with Crippen molar-refractivity contribution < 1.29 is 9.32 Å². The van der Waals surface area contributed by atoms with Crippen molar-refractivity contribution in [1.82, 2.24) is 15.4 Å². The van der Waals surface area contributed by atoms with Crippen molar-refractivity contribution in [2.45, 2.75) is 38.6 Å². The largest absolute Gasteiger partial charge is 0.364 e. The standard InChI is InChI=1S/C13H21N3O2/c1-2-8-16(12-3-6-14-7-4-12)13(17)10-11-5-9-18-15-11/h5,9,12,14H,2-4,6-8,10H2,1H3. The molecule has 0 aromatic carbocycles. The van der Waals surface area contributed by atoms with Crippen LogP contribution in [0, 0.1) is 0 Å². The summed E-state index contributed by atoms with van der Waals surface area (Å²) in [6.45, 7) is 4.95. The maximum atomic E-state index is 12.3. The van der Waals surface area contributed by atoms with Gasteiger partial charge in [-0.25, -0.2) is 0 Å². The molecule has 0 atom stereocenters. The van der Waals surface area contributed by atoms with E-state index in [1.807, 2.05) is 4.90 Å². The van der Waals surface area contributed by atoms with E-state index in [9.17, 15) is 4.79 Å². The van der Waals surface area contributed by atoms with Crippen molar-refractivity contribution in [3.05, 3.63) is 18.0 Å². The van der Waals surface area contributed by atoms with Crippen molar-refractivity contribution in [2.24, 2.45) is 0 Å². The molecule has 1 aromatic heterocycles. The van der Waals surface area contributed by atoms with E-state index in [1.165, 1.54) is 6.26 Å². The normalized spacial score (nSPS) is 16.7. The molecular weight excluding hydrogens is 230 g/mol. The van der Waals surface area contributed by atoms with Gasteiger partial charge in [0.15, 0.2) is 0 Å². The molecule has 5 nitrogen and oxygen atoms in total. The van der Waals surface area contributed by atoms with E-state index in [2.05, 4.69) is 17.4 Å². The summed E-state index contributed by atoms with van der Waals surface area (Å²) < 4.78 is 4.77. The Morgan fingerprint density at radius 2 is 2.33 bits per heavy atom. The number of nitrogens with zero attached hydrogens (tertiary/aromatic N) is 2. The summed E-state index contributed by atoms with van der Waals surface area (Å²) >= 11 is 0. The highest BCUT2D eigenvalue weighted by atomic mass is 16.5. The second-order valence-corrected chi connectivity index (χ2v) is 4.74. The molecular formula is C13H21N3O2. The number of rotatable bonds is 5. The van der Waals surface area contributed by atoms with Gasteiger partial charge in [-0.05, 0) is 32.4 Å². The molecule has 0 bridgehead atoms. The Balaban J connectivity index is 1.97. The van der Waals surface area contributed by atoms with Crippen LogP contribution in [0.1, 0.15) is 31.9 Å². The van der Waals surface area contributed by atoms with Gasteiger partial charge in [0.2, 0.25) is 5.91 Å². The lowest BCUT2D eigenvalue weighted by molar-refractivity contribution is -0.133. The van der Waals surface area contributed by atoms with Crippen LogP contribution in [0.2, 0.25) is 0 Å². The lowest BCUT2D eigenvalue weighted by Gasteiger charge is -2.34. The molecule has 0 aliphatic carbocycles. The summed E-state index contributed by atoms with van der Waals surface area (Å²) in [5.74, 6) is 0.164. The van der Waals surface area contributed by atoms with Crippen LogP contribution in [-0.4, -0.2) is 41.6 Å². The van der Waals surface area contributed by atoms with Crippen LogP contribution >= 0.6 is 0 Å². The number of carbonyl (C=O) groups is 1. The summed E-state index contributed by atoms with van der Waals surface area (Å²) in [4.78, 5) is 14.3. The lowest BCUT2D eigenvalue weighted by Crippen LogP contribution is -2.47. The fraction of sp³-hybridized carbons (Fsp3) is 0.692. The van der Waals surface area contributed by atoms with Crippen molar-refractivity contribution in [3.8, 4) is 0 Å². The number of amides is 1. The lowest BCUT2D eigenvalue weighted by atomic mass is 10.0. The number of nitrogens with one attached hydrogen (secondary N) is 1. The zero-order valence-corrected chi connectivity index (χ0v) is 10.9. The molecule has 0 radical (unpaired) electrons. The smallest absolute Gasteiger partial charge is 0.228 e. The summed E-state index contributed by atoms with van der Waals surface area (Å²) in [7, 11) is 0. The van der Waals surface area contributed by atoms with Crippen molar-refractivity contribution in [3.63, 3.8) is 0 Å². The maximum Gasteiger partial charge on any atom is 0.228 e. The number of aromatic nitrogens is 1. The molecule has 0 spiro atoms. The SMILES string of the molecule is CCCN(C(=O)Cc1ccon1)C1CCNCC1. The van der Waals surface area contributed by atoms with Crippen molar-refractivity contribution >= 4 is 5.91 Å². The minimum Gasteiger partial charge on any atom is -0.364 e.